The smallest absolute Gasteiger partial charge is 0.274 e. The lowest BCUT2D eigenvalue weighted by molar-refractivity contribution is 0.102. The van der Waals surface area contributed by atoms with Gasteiger partial charge in [-0.1, -0.05) is 29.8 Å². The van der Waals surface area contributed by atoms with Crippen LogP contribution in [-0.4, -0.2) is 25.1 Å². The van der Waals surface area contributed by atoms with Gasteiger partial charge in [-0.15, -0.1) is 0 Å². The first kappa shape index (κ1) is 19.2. The molecule has 0 aliphatic carbocycles. The molecule has 2 aromatic carbocycles. The SMILES string of the molecule is COc1ccc(OC)c(NC(=O)c2ccc(NCc3cccc(C)c3)cn2)c1. The molecule has 2 N–H and O–H groups in total. The second kappa shape index (κ2) is 8.90. The number of aryl methyl sites for hydroxylation is 1. The molecule has 0 saturated carbocycles. The van der Waals surface area contributed by atoms with Gasteiger partial charge in [-0.2, -0.15) is 0 Å². The summed E-state index contributed by atoms with van der Waals surface area (Å²) < 4.78 is 10.5. The number of amides is 1. The molecule has 0 unspecified atom stereocenters. The zero-order valence-corrected chi connectivity index (χ0v) is 16.2. The van der Waals surface area contributed by atoms with Gasteiger partial charge in [0.2, 0.25) is 0 Å². The molecule has 0 bridgehead atoms. The Morgan fingerprint density at radius 1 is 1.04 bits per heavy atom. The predicted octanol–water partition coefficient (Wildman–Crippen LogP) is 4.27. The number of carbonyl (C=O) groups is 1. The average Bonchev–Trinajstić information content (AvgIpc) is 2.72. The number of nitrogens with zero attached hydrogens (tertiary/aromatic N) is 1. The molecule has 1 aromatic heterocycles. The van der Waals surface area contributed by atoms with Crippen LogP contribution in [0.3, 0.4) is 0 Å². The van der Waals surface area contributed by atoms with Crippen LogP contribution in [0.5, 0.6) is 11.5 Å². The summed E-state index contributed by atoms with van der Waals surface area (Å²) in [7, 11) is 3.11. The normalized spacial score (nSPS) is 10.2. The van der Waals surface area contributed by atoms with E-state index in [1.165, 1.54) is 11.1 Å². The summed E-state index contributed by atoms with van der Waals surface area (Å²) in [5.74, 6) is 0.849. The minimum absolute atomic E-state index is 0.311. The molecule has 6 nitrogen and oxygen atoms in total. The van der Waals surface area contributed by atoms with Crippen molar-refractivity contribution in [1.82, 2.24) is 4.98 Å². The first-order chi connectivity index (χ1) is 13.6. The van der Waals surface area contributed by atoms with E-state index in [1.54, 1.807) is 44.7 Å². The fraction of sp³-hybridized carbons (Fsp3) is 0.182. The van der Waals surface area contributed by atoms with E-state index in [-0.39, 0.29) is 5.91 Å². The fourth-order valence-electron chi connectivity index (χ4n) is 2.76. The van der Waals surface area contributed by atoms with E-state index in [9.17, 15) is 4.79 Å². The van der Waals surface area contributed by atoms with Crippen molar-refractivity contribution in [3.63, 3.8) is 0 Å². The Morgan fingerprint density at radius 2 is 1.89 bits per heavy atom. The molecule has 0 aliphatic rings. The van der Waals surface area contributed by atoms with Crippen molar-refractivity contribution in [3.05, 3.63) is 77.6 Å². The number of aromatic nitrogens is 1. The monoisotopic (exact) mass is 377 g/mol. The molecule has 0 spiro atoms. The number of methoxy groups -OCH3 is 2. The first-order valence-electron chi connectivity index (χ1n) is 8.88. The van der Waals surface area contributed by atoms with E-state index in [0.29, 0.717) is 29.4 Å². The summed E-state index contributed by atoms with van der Waals surface area (Å²) in [5.41, 5.74) is 4.09. The van der Waals surface area contributed by atoms with Crippen molar-refractivity contribution >= 4 is 17.3 Å². The highest BCUT2D eigenvalue weighted by molar-refractivity contribution is 6.03. The summed E-state index contributed by atoms with van der Waals surface area (Å²) in [4.78, 5) is 16.8. The molecule has 0 fully saturated rings. The second-order valence-corrected chi connectivity index (χ2v) is 6.30. The number of pyridine rings is 1. The summed E-state index contributed by atoms with van der Waals surface area (Å²) >= 11 is 0. The Kier molecular flexibility index (Phi) is 6.11. The number of hydrogen-bond donors (Lipinski definition) is 2. The van der Waals surface area contributed by atoms with Gasteiger partial charge < -0.3 is 20.1 Å². The first-order valence-corrected chi connectivity index (χ1v) is 8.88. The maximum absolute atomic E-state index is 12.5. The van der Waals surface area contributed by atoms with Crippen molar-refractivity contribution in [3.8, 4) is 11.5 Å². The molecule has 144 valence electrons. The largest absolute Gasteiger partial charge is 0.497 e. The van der Waals surface area contributed by atoms with Crippen molar-refractivity contribution in [2.75, 3.05) is 24.9 Å². The molecule has 1 amide bonds. The van der Waals surface area contributed by atoms with E-state index in [0.717, 1.165) is 5.69 Å². The number of anilines is 2. The molecule has 3 rings (SSSR count). The second-order valence-electron chi connectivity index (χ2n) is 6.30. The van der Waals surface area contributed by atoms with Crippen molar-refractivity contribution < 1.29 is 14.3 Å². The van der Waals surface area contributed by atoms with Crippen LogP contribution >= 0.6 is 0 Å². The highest BCUT2D eigenvalue weighted by atomic mass is 16.5. The zero-order chi connectivity index (χ0) is 19.9. The fourth-order valence-corrected chi connectivity index (χ4v) is 2.76. The van der Waals surface area contributed by atoms with Gasteiger partial charge >= 0.3 is 0 Å². The number of carbonyl (C=O) groups excluding carboxylic acids is 1. The maximum Gasteiger partial charge on any atom is 0.274 e. The molecule has 0 saturated heterocycles. The van der Waals surface area contributed by atoms with E-state index in [2.05, 4.69) is 40.7 Å². The number of nitrogens with one attached hydrogen (secondary N) is 2. The van der Waals surface area contributed by atoms with Gasteiger partial charge in [-0.05, 0) is 36.8 Å². The molecule has 0 radical (unpaired) electrons. The minimum atomic E-state index is -0.322. The Labute approximate surface area is 164 Å². The third-order valence-electron chi connectivity index (χ3n) is 4.23. The van der Waals surface area contributed by atoms with Gasteiger partial charge in [0.05, 0.1) is 31.8 Å². The van der Waals surface area contributed by atoms with E-state index in [1.807, 2.05) is 12.1 Å². The predicted molar refractivity (Wildman–Crippen MR) is 110 cm³/mol. The summed E-state index contributed by atoms with van der Waals surface area (Å²) in [5, 5.41) is 6.12. The Balaban J connectivity index is 1.65. The topological polar surface area (TPSA) is 72.5 Å². The van der Waals surface area contributed by atoms with Gasteiger partial charge in [0.1, 0.15) is 17.2 Å². The highest BCUT2D eigenvalue weighted by Gasteiger charge is 2.12. The van der Waals surface area contributed by atoms with E-state index in [4.69, 9.17) is 9.47 Å². The summed E-state index contributed by atoms with van der Waals surface area (Å²) in [6.45, 7) is 2.76. The molecule has 0 atom stereocenters. The molecular formula is C22H23N3O3. The molecule has 0 aliphatic heterocycles. The van der Waals surface area contributed by atoms with Crippen LogP contribution in [-0.2, 0) is 6.54 Å². The molecule has 6 heteroatoms. The molecular weight excluding hydrogens is 354 g/mol. The number of hydrogen-bond acceptors (Lipinski definition) is 5. The van der Waals surface area contributed by atoms with Crippen molar-refractivity contribution in [2.45, 2.75) is 13.5 Å². The van der Waals surface area contributed by atoms with Crippen LogP contribution in [0.4, 0.5) is 11.4 Å². The van der Waals surface area contributed by atoms with Crippen LogP contribution in [0.25, 0.3) is 0 Å². The molecule has 1 heterocycles. The van der Waals surface area contributed by atoms with Gasteiger partial charge in [-0.3, -0.25) is 4.79 Å². The maximum atomic E-state index is 12.5. The summed E-state index contributed by atoms with van der Waals surface area (Å²) in [6.07, 6.45) is 1.65. The van der Waals surface area contributed by atoms with Crippen molar-refractivity contribution in [1.29, 1.82) is 0 Å². The number of ether oxygens (including phenoxy) is 2. The van der Waals surface area contributed by atoms with Crippen LogP contribution in [0.2, 0.25) is 0 Å². The van der Waals surface area contributed by atoms with Crippen molar-refractivity contribution in [2.24, 2.45) is 0 Å². The molecule has 28 heavy (non-hydrogen) atoms. The van der Waals surface area contributed by atoms with Crippen LogP contribution < -0.4 is 20.1 Å². The Morgan fingerprint density at radius 3 is 2.57 bits per heavy atom. The van der Waals surface area contributed by atoms with Crippen LogP contribution in [0.1, 0.15) is 21.6 Å². The average molecular weight is 377 g/mol. The van der Waals surface area contributed by atoms with Crippen LogP contribution in [0, 0.1) is 6.92 Å². The third-order valence-corrected chi connectivity index (χ3v) is 4.23. The third kappa shape index (κ3) is 4.79. The van der Waals surface area contributed by atoms with Gasteiger partial charge in [-0.25, -0.2) is 4.98 Å². The van der Waals surface area contributed by atoms with E-state index < -0.39 is 0 Å². The summed E-state index contributed by atoms with van der Waals surface area (Å²) in [6, 6.07) is 17.0. The Bertz CT molecular complexity index is 955. The lowest BCUT2D eigenvalue weighted by Crippen LogP contribution is -2.14. The number of benzene rings is 2. The van der Waals surface area contributed by atoms with Crippen LogP contribution in [0.15, 0.2) is 60.8 Å². The van der Waals surface area contributed by atoms with E-state index >= 15 is 0 Å². The Hall–Kier alpha value is -3.54. The quantitative estimate of drug-likeness (QED) is 0.643. The molecule has 3 aromatic rings. The van der Waals surface area contributed by atoms with Gasteiger partial charge in [0, 0.05) is 12.6 Å². The van der Waals surface area contributed by atoms with Gasteiger partial charge in [0.15, 0.2) is 0 Å². The number of rotatable bonds is 7. The van der Waals surface area contributed by atoms with Gasteiger partial charge in [0.25, 0.3) is 5.91 Å². The lowest BCUT2D eigenvalue weighted by Gasteiger charge is -2.12. The zero-order valence-electron chi connectivity index (χ0n) is 16.2. The highest BCUT2D eigenvalue weighted by Crippen LogP contribution is 2.29. The standard InChI is InChI=1S/C22H23N3O3/c1-15-5-4-6-16(11-15)13-23-17-7-9-19(24-14-17)22(26)25-20-12-18(27-2)8-10-21(20)28-3/h4-12,14,23H,13H2,1-3H3,(H,25,26). The minimum Gasteiger partial charge on any atom is -0.497 e. The lowest BCUT2D eigenvalue weighted by atomic mass is 10.1.